The van der Waals surface area contributed by atoms with Crippen LogP contribution in [0.25, 0.3) is 0 Å². The molecule has 3 saturated carbocycles. The minimum atomic E-state index is -1.11. The number of aliphatic carboxylic acids is 1. The molecule has 7 atom stereocenters. The second kappa shape index (κ2) is 10.8. The van der Waals surface area contributed by atoms with E-state index >= 15 is 0 Å². The van der Waals surface area contributed by atoms with Crippen molar-refractivity contribution in [3.63, 3.8) is 0 Å². The van der Waals surface area contributed by atoms with Gasteiger partial charge in [0.25, 0.3) is 5.91 Å². The molecule has 0 bridgehead atoms. The van der Waals surface area contributed by atoms with Gasteiger partial charge in [-0.05, 0) is 91.9 Å². The Balaban J connectivity index is 1.28. The molecule has 2 amide bonds. The molecule has 0 aromatic rings. The van der Waals surface area contributed by atoms with E-state index < -0.39 is 23.8 Å². The first-order valence-corrected chi connectivity index (χ1v) is 13.8. The number of oxime groups is 1. The van der Waals surface area contributed by atoms with Gasteiger partial charge in [-0.2, -0.15) is 0 Å². The molecule has 9 nitrogen and oxygen atoms in total. The molecule has 7 unspecified atom stereocenters. The predicted octanol–water partition coefficient (Wildman–Crippen LogP) is 3.02. The molecule has 0 saturated heterocycles. The van der Waals surface area contributed by atoms with Gasteiger partial charge < -0.3 is 25.7 Å². The van der Waals surface area contributed by atoms with Crippen molar-refractivity contribution >= 4 is 23.5 Å². The number of hydrogen-bond acceptors (Lipinski definition) is 6. The molecule has 9 heteroatoms. The molecule has 3 fully saturated rings. The van der Waals surface area contributed by atoms with Gasteiger partial charge in [0.15, 0.2) is 6.61 Å². The zero-order chi connectivity index (χ0) is 27.0. The van der Waals surface area contributed by atoms with E-state index in [2.05, 4.69) is 35.7 Å². The first-order valence-electron chi connectivity index (χ1n) is 13.8. The van der Waals surface area contributed by atoms with E-state index in [0.29, 0.717) is 17.8 Å². The Bertz CT molecular complexity index is 977. The van der Waals surface area contributed by atoms with Crippen LogP contribution in [0.3, 0.4) is 0 Å². The largest absolute Gasteiger partial charge is 0.480 e. The summed E-state index contributed by atoms with van der Waals surface area (Å²) in [6, 6.07) is -1.00. The van der Waals surface area contributed by atoms with Crippen LogP contribution in [-0.4, -0.2) is 59.0 Å². The van der Waals surface area contributed by atoms with Crippen molar-refractivity contribution in [3.05, 3.63) is 11.6 Å². The van der Waals surface area contributed by atoms with Gasteiger partial charge in [0.1, 0.15) is 6.04 Å². The zero-order valence-corrected chi connectivity index (χ0v) is 22.6. The lowest BCUT2D eigenvalue weighted by Gasteiger charge is -2.57. The number of aliphatic hydroxyl groups is 1. The normalized spacial score (nSPS) is 36.6. The second-order valence-corrected chi connectivity index (χ2v) is 12.4. The Morgan fingerprint density at radius 1 is 1.08 bits per heavy atom. The van der Waals surface area contributed by atoms with Crippen LogP contribution >= 0.6 is 0 Å². The molecular formula is C28H43N3O6. The molecular weight excluding hydrogens is 474 g/mol. The number of allylic oxidation sites excluding steroid dienone is 2. The van der Waals surface area contributed by atoms with Gasteiger partial charge in [-0.3, -0.25) is 9.59 Å². The average molecular weight is 518 g/mol. The maximum Gasteiger partial charge on any atom is 0.326 e. The molecule has 4 aliphatic rings. The molecule has 4 N–H and O–H groups in total. The fraction of sp³-hybridized carbons (Fsp3) is 0.786. The van der Waals surface area contributed by atoms with Crippen LogP contribution in [0.4, 0.5) is 0 Å². The highest BCUT2D eigenvalue weighted by Gasteiger charge is 2.58. The third kappa shape index (κ3) is 5.42. The number of carboxylic acid groups (broad SMARTS) is 1. The minimum absolute atomic E-state index is 0.0848. The van der Waals surface area contributed by atoms with Crippen molar-refractivity contribution in [2.75, 3.05) is 13.2 Å². The number of amides is 2. The van der Waals surface area contributed by atoms with Gasteiger partial charge in [-0.1, -0.05) is 38.4 Å². The SMILES string of the molecule is CC(C)C(NC(=O)CNC(=O)CON=C1C=C2CCC3C(CCC4(C)C(O)CCC34)C2(C)CC1)C(=O)O. The van der Waals surface area contributed by atoms with Crippen molar-refractivity contribution in [1.29, 1.82) is 0 Å². The van der Waals surface area contributed by atoms with Crippen LogP contribution in [0, 0.1) is 34.5 Å². The minimum Gasteiger partial charge on any atom is -0.480 e. The zero-order valence-electron chi connectivity index (χ0n) is 22.6. The van der Waals surface area contributed by atoms with Crippen LogP contribution in [0.15, 0.2) is 16.8 Å². The van der Waals surface area contributed by atoms with Crippen LogP contribution < -0.4 is 10.6 Å². The van der Waals surface area contributed by atoms with Crippen molar-refractivity contribution in [3.8, 4) is 0 Å². The molecule has 0 aromatic heterocycles. The third-order valence-corrected chi connectivity index (χ3v) is 10.0. The summed E-state index contributed by atoms with van der Waals surface area (Å²) in [6.45, 7) is 7.49. The van der Waals surface area contributed by atoms with Gasteiger partial charge in [0.05, 0.1) is 18.4 Å². The van der Waals surface area contributed by atoms with Gasteiger partial charge in [0.2, 0.25) is 5.91 Å². The van der Waals surface area contributed by atoms with Crippen LogP contribution in [0.5, 0.6) is 0 Å². The lowest BCUT2D eigenvalue weighted by atomic mass is 9.47. The van der Waals surface area contributed by atoms with E-state index in [9.17, 15) is 19.5 Å². The summed E-state index contributed by atoms with van der Waals surface area (Å²) in [5.74, 6) is -0.492. The molecule has 0 aromatic carbocycles. The topological polar surface area (TPSA) is 137 Å². The Kier molecular flexibility index (Phi) is 8.02. The number of rotatable bonds is 8. The summed E-state index contributed by atoms with van der Waals surface area (Å²) in [6.07, 6.45) is 10.4. The maximum absolute atomic E-state index is 12.1. The summed E-state index contributed by atoms with van der Waals surface area (Å²) >= 11 is 0. The highest BCUT2D eigenvalue weighted by Crippen LogP contribution is 2.65. The number of carbonyl (C=O) groups excluding carboxylic acids is 2. The molecule has 4 rings (SSSR count). The first-order chi connectivity index (χ1) is 17.5. The number of fused-ring (bicyclic) bond motifs is 5. The summed E-state index contributed by atoms with van der Waals surface area (Å²) in [4.78, 5) is 40.6. The molecule has 0 heterocycles. The van der Waals surface area contributed by atoms with Crippen molar-refractivity contribution in [2.24, 2.45) is 39.7 Å². The van der Waals surface area contributed by atoms with E-state index in [-0.39, 0.29) is 36.0 Å². The van der Waals surface area contributed by atoms with Crippen molar-refractivity contribution in [2.45, 2.75) is 91.2 Å². The van der Waals surface area contributed by atoms with Crippen LogP contribution in [0.1, 0.15) is 79.1 Å². The van der Waals surface area contributed by atoms with Gasteiger partial charge in [-0.15, -0.1) is 0 Å². The number of aliphatic hydroxyl groups excluding tert-OH is 1. The van der Waals surface area contributed by atoms with E-state index in [4.69, 9.17) is 9.94 Å². The Labute approximate surface area is 219 Å². The van der Waals surface area contributed by atoms with E-state index in [1.54, 1.807) is 13.8 Å². The summed E-state index contributed by atoms with van der Waals surface area (Å²) in [7, 11) is 0. The van der Waals surface area contributed by atoms with E-state index in [0.717, 1.165) is 50.7 Å². The highest BCUT2D eigenvalue weighted by atomic mass is 16.6. The Morgan fingerprint density at radius 2 is 1.84 bits per heavy atom. The average Bonchev–Trinajstić information content (AvgIpc) is 3.15. The summed E-state index contributed by atoms with van der Waals surface area (Å²) < 4.78 is 0. The highest BCUT2D eigenvalue weighted by molar-refractivity contribution is 5.96. The van der Waals surface area contributed by atoms with Crippen LogP contribution in [0.2, 0.25) is 0 Å². The van der Waals surface area contributed by atoms with Crippen molar-refractivity contribution in [1.82, 2.24) is 10.6 Å². The third-order valence-electron chi connectivity index (χ3n) is 10.0. The molecule has 0 spiro atoms. The Hall–Kier alpha value is -2.42. The van der Waals surface area contributed by atoms with Crippen LogP contribution in [-0.2, 0) is 19.2 Å². The summed E-state index contributed by atoms with van der Waals surface area (Å²) in [5.41, 5.74) is 2.52. The second-order valence-electron chi connectivity index (χ2n) is 12.4. The monoisotopic (exact) mass is 517 g/mol. The predicted molar refractivity (Wildman–Crippen MR) is 139 cm³/mol. The maximum atomic E-state index is 12.1. The number of nitrogens with zero attached hydrogens (tertiary/aromatic N) is 1. The lowest BCUT2D eigenvalue weighted by molar-refractivity contribution is -0.143. The number of hydrogen-bond donors (Lipinski definition) is 4. The first kappa shape index (κ1) is 27.6. The molecule has 206 valence electrons. The standard InChI is InChI=1S/C28H43N3O6/c1-16(2)25(26(35)36)30-23(33)14-29-24(34)15-37-31-18-9-11-27(3)17(13-18)5-6-19-20-7-8-22(32)28(20,4)12-10-21(19)27/h13,16,19-22,25,32H,5-12,14-15H2,1-4H3,(H,29,34)(H,30,33)(H,35,36). The molecule has 37 heavy (non-hydrogen) atoms. The van der Waals surface area contributed by atoms with E-state index in [1.807, 2.05) is 0 Å². The number of carbonyl (C=O) groups is 3. The molecule has 0 aliphatic heterocycles. The quantitative estimate of drug-likeness (QED) is 0.365. The van der Waals surface area contributed by atoms with Gasteiger partial charge >= 0.3 is 5.97 Å². The number of carboxylic acids is 1. The Morgan fingerprint density at radius 3 is 2.54 bits per heavy atom. The van der Waals surface area contributed by atoms with Gasteiger partial charge in [0, 0.05) is 0 Å². The fourth-order valence-corrected chi connectivity index (χ4v) is 7.76. The number of nitrogens with one attached hydrogen (secondary N) is 2. The van der Waals surface area contributed by atoms with E-state index in [1.165, 1.54) is 12.0 Å². The fourth-order valence-electron chi connectivity index (χ4n) is 7.76. The lowest BCUT2D eigenvalue weighted by Crippen LogP contribution is -2.51. The molecule has 4 aliphatic carbocycles. The summed E-state index contributed by atoms with van der Waals surface area (Å²) in [5, 5.41) is 28.9. The molecule has 0 radical (unpaired) electrons. The van der Waals surface area contributed by atoms with Gasteiger partial charge in [-0.25, -0.2) is 4.79 Å². The smallest absolute Gasteiger partial charge is 0.326 e. The van der Waals surface area contributed by atoms with Crippen molar-refractivity contribution < 1.29 is 29.4 Å².